The third-order valence-corrected chi connectivity index (χ3v) is 6.59. The van der Waals surface area contributed by atoms with Crippen molar-refractivity contribution >= 4 is 23.5 Å². The first-order valence-electron chi connectivity index (χ1n) is 11.7. The number of hydrogen-bond acceptors (Lipinski definition) is 6. The van der Waals surface area contributed by atoms with Gasteiger partial charge in [-0.1, -0.05) is 58.2 Å². The molecule has 2 amide bonds. The van der Waals surface area contributed by atoms with E-state index in [-0.39, 0.29) is 23.8 Å². The van der Waals surface area contributed by atoms with Crippen LogP contribution in [0.5, 0.6) is 0 Å². The van der Waals surface area contributed by atoms with Crippen LogP contribution in [0.2, 0.25) is 0 Å². The van der Waals surface area contributed by atoms with Gasteiger partial charge in [0.15, 0.2) is 6.23 Å². The van der Waals surface area contributed by atoms with Crippen molar-refractivity contribution in [3.05, 3.63) is 77.6 Å². The van der Waals surface area contributed by atoms with E-state index in [0.29, 0.717) is 12.1 Å². The van der Waals surface area contributed by atoms with Crippen molar-refractivity contribution in [2.45, 2.75) is 40.0 Å². The minimum absolute atomic E-state index is 0.00000845. The second-order valence-electron chi connectivity index (χ2n) is 10.0. The van der Waals surface area contributed by atoms with E-state index in [2.05, 4.69) is 29.3 Å². The lowest BCUT2D eigenvalue weighted by atomic mass is 9.94. The number of fused-ring (bicyclic) bond motifs is 2. The second-order valence-corrected chi connectivity index (χ2v) is 10.0. The number of carbonyl (C=O) groups excluding carboxylic acids is 3. The number of carbonyl (C=O) groups is 3. The largest absolute Gasteiger partial charge is 0.464 e. The number of methoxy groups -OCH3 is 1. The molecule has 2 N–H and O–H groups in total. The molecule has 8 heteroatoms. The van der Waals surface area contributed by atoms with Gasteiger partial charge in [0.2, 0.25) is 5.91 Å². The van der Waals surface area contributed by atoms with Gasteiger partial charge in [0.1, 0.15) is 5.70 Å². The lowest BCUT2D eigenvalue weighted by molar-refractivity contribution is -0.137. The summed E-state index contributed by atoms with van der Waals surface area (Å²) in [6.07, 6.45) is -0.297. The first-order chi connectivity index (χ1) is 16.9. The zero-order valence-electron chi connectivity index (χ0n) is 21.1. The van der Waals surface area contributed by atoms with Crippen molar-refractivity contribution < 1.29 is 24.2 Å². The summed E-state index contributed by atoms with van der Waals surface area (Å²) in [4.78, 5) is 40.4. The maximum atomic E-state index is 12.9. The molecule has 2 aromatic rings. The van der Waals surface area contributed by atoms with Crippen molar-refractivity contribution in [1.29, 1.82) is 0 Å². The predicted molar refractivity (Wildman–Crippen MR) is 136 cm³/mol. The third-order valence-electron chi connectivity index (χ3n) is 6.59. The molecule has 0 radical (unpaired) electrons. The van der Waals surface area contributed by atoms with Crippen LogP contribution < -0.4 is 10.2 Å². The van der Waals surface area contributed by atoms with Crippen molar-refractivity contribution in [1.82, 2.24) is 10.2 Å². The topological polar surface area (TPSA) is 99.2 Å². The quantitative estimate of drug-likeness (QED) is 0.493. The van der Waals surface area contributed by atoms with Crippen LogP contribution in [0, 0.1) is 5.41 Å². The van der Waals surface area contributed by atoms with Gasteiger partial charge in [-0.05, 0) is 40.8 Å². The van der Waals surface area contributed by atoms with Crippen LogP contribution >= 0.6 is 0 Å². The molecule has 2 heterocycles. The molecule has 8 nitrogen and oxygen atoms in total. The Hall–Kier alpha value is -3.91. The highest BCUT2D eigenvalue weighted by Crippen LogP contribution is 2.41. The van der Waals surface area contributed by atoms with Gasteiger partial charge in [0, 0.05) is 29.8 Å². The molecule has 0 spiro atoms. The summed E-state index contributed by atoms with van der Waals surface area (Å²) < 4.78 is 4.55. The fraction of sp³-hybridized carbons (Fsp3) is 0.321. The van der Waals surface area contributed by atoms with Gasteiger partial charge in [-0.2, -0.15) is 0 Å². The summed E-state index contributed by atoms with van der Waals surface area (Å²) in [6.45, 7) is 14.0. The number of benzene rings is 2. The molecule has 188 valence electrons. The molecule has 0 saturated carbocycles. The Morgan fingerprint density at radius 1 is 1.14 bits per heavy atom. The summed E-state index contributed by atoms with van der Waals surface area (Å²) in [5.74, 6) is -1.32. The standard InChI is InChI=1S/C28H31N3O5/c1-16(26(34)36-6)29-24(32)17(2)31-15-22-20(8-7-9-21(22)25(31)33)18-10-11-23-19(14-18)12-13-30(23)27(35)28(3,4)5/h7-11,14,25,33H,1-2,12-13,15H2,3-6H3,(H,29,32). The molecule has 0 saturated heterocycles. The Kier molecular flexibility index (Phi) is 6.49. The smallest absolute Gasteiger partial charge is 0.353 e. The molecule has 0 aliphatic carbocycles. The number of amides is 2. The summed E-state index contributed by atoms with van der Waals surface area (Å²) in [6, 6.07) is 11.7. The molecule has 1 unspecified atom stereocenters. The number of aliphatic hydroxyl groups is 1. The van der Waals surface area contributed by atoms with E-state index in [4.69, 9.17) is 0 Å². The average Bonchev–Trinajstić information content (AvgIpc) is 3.42. The molecule has 0 fully saturated rings. The molecule has 2 aliphatic rings. The Morgan fingerprint density at radius 2 is 1.86 bits per heavy atom. The molecular weight excluding hydrogens is 458 g/mol. The molecule has 1 atom stereocenters. The molecule has 2 aliphatic heterocycles. The van der Waals surface area contributed by atoms with E-state index in [0.717, 1.165) is 34.4 Å². The van der Waals surface area contributed by atoms with Crippen LogP contribution in [0.3, 0.4) is 0 Å². The lowest BCUT2D eigenvalue weighted by Crippen LogP contribution is -2.38. The molecule has 2 aromatic carbocycles. The second kappa shape index (κ2) is 9.28. The third kappa shape index (κ3) is 4.40. The van der Waals surface area contributed by atoms with Crippen LogP contribution in [-0.2, 0) is 32.1 Å². The highest BCUT2D eigenvalue weighted by atomic mass is 16.5. The van der Waals surface area contributed by atoms with Crippen molar-refractivity contribution in [3.8, 4) is 11.1 Å². The van der Waals surface area contributed by atoms with Crippen LogP contribution in [0.25, 0.3) is 11.1 Å². The Morgan fingerprint density at radius 3 is 2.53 bits per heavy atom. The van der Waals surface area contributed by atoms with E-state index in [1.807, 2.05) is 56.0 Å². The molecular formula is C28H31N3O5. The maximum Gasteiger partial charge on any atom is 0.353 e. The van der Waals surface area contributed by atoms with Gasteiger partial charge < -0.3 is 25.0 Å². The van der Waals surface area contributed by atoms with E-state index in [1.54, 1.807) is 0 Å². The van der Waals surface area contributed by atoms with E-state index >= 15 is 0 Å². The summed E-state index contributed by atoms with van der Waals surface area (Å²) in [7, 11) is 1.19. The first kappa shape index (κ1) is 25.2. The number of ether oxygens (including phenoxy) is 1. The fourth-order valence-electron chi connectivity index (χ4n) is 4.66. The van der Waals surface area contributed by atoms with Gasteiger partial charge in [-0.25, -0.2) is 4.79 Å². The van der Waals surface area contributed by atoms with Crippen molar-refractivity contribution in [3.63, 3.8) is 0 Å². The van der Waals surface area contributed by atoms with Gasteiger partial charge >= 0.3 is 5.97 Å². The Balaban J connectivity index is 1.59. The van der Waals surface area contributed by atoms with E-state index in [9.17, 15) is 19.5 Å². The normalized spacial score (nSPS) is 16.3. The van der Waals surface area contributed by atoms with Gasteiger partial charge in [-0.3, -0.25) is 9.59 Å². The molecule has 36 heavy (non-hydrogen) atoms. The minimum Gasteiger partial charge on any atom is -0.464 e. The number of nitrogens with one attached hydrogen (secondary N) is 1. The first-order valence-corrected chi connectivity index (χ1v) is 11.7. The Labute approximate surface area is 210 Å². The van der Waals surface area contributed by atoms with Crippen LogP contribution in [0.4, 0.5) is 5.69 Å². The van der Waals surface area contributed by atoms with E-state index < -0.39 is 23.5 Å². The zero-order chi connectivity index (χ0) is 26.4. The molecule has 4 rings (SSSR count). The number of hydrogen-bond donors (Lipinski definition) is 2. The SMILES string of the molecule is C=C(NC(=O)C(=C)N1Cc2c(-c3ccc4c(c3)CCN4C(=O)C(C)(C)C)cccc2C1O)C(=O)OC. The lowest BCUT2D eigenvalue weighted by Gasteiger charge is -2.26. The molecule has 0 bridgehead atoms. The average molecular weight is 490 g/mol. The number of anilines is 1. The van der Waals surface area contributed by atoms with Crippen molar-refractivity contribution in [2.24, 2.45) is 5.41 Å². The summed E-state index contributed by atoms with van der Waals surface area (Å²) in [5, 5.41) is 13.3. The predicted octanol–water partition coefficient (Wildman–Crippen LogP) is 3.41. The Bertz CT molecular complexity index is 1290. The van der Waals surface area contributed by atoms with Crippen molar-refractivity contribution in [2.75, 3.05) is 18.6 Å². The highest BCUT2D eigenvalue weighted by molar-refractivity contribution is 6.00. The zero-order valence-corrected chi connectivity index (χ0v) is 21.1. The van der Waals surface area contributed by atoms with Gasteiger partial charge in [0.05, 0.1) is 12.8 Å². The van der Waals surface area contributed by atoms with Crippen LogP contribution in [0.1, 0.15) is 43.7 Å². The van der Waals surface area contributed by atoms with Gasteiger partial charge in [0.25, 0.3) is 5.91 Å². The number of nitrogens with zero attached hydrogens (tertiary/aromatic N) is 2. The van der Waals surface area contributed by atoms with Crippen LogP contribution in [-0.4, -0.2) is 41.4 Å². The maximum absolute atomic E-state index is 12.9. The summed E-state index contributed by atoms with van der Waals surface area (Å²) in [5.41, 5.74) is 4.82. The van der Waals surface area contributed by atoms with E-state index in [1.165, 1.54) is 12.0 Å². The fourth-order valence-corrected chi connectivity index (χ4v) is 4.66. The highest BCUT2D eigenvalue weighted by Gasteiger charge is 2.35. The minimum atomic E-state index is -1.07. The van der Waals surface area contributed by atoms with Crippen LogP contribution in [0.15, 0.2) is 61.0 Å². The number of esters is 1. The molecule has 0 aromatic heterocycles. The number of rotatable bonds is 5. The number of aliphatic hydroxyl groups excluding tert-OH is 1. The van der Waals surface area contributed by atoms with Gasteiger partial charge in [-0.15, -0.1) is 0 Å². The summed E-state index contributed by atoms with van der Waals surface area (Å²) >= 11 is 0. The monoisotopic (exact) mass is 489 g/mol.